The first-order chi connectivity index (χ1) is 8.83. The molecule has 1 aliphatic heterocycles. The van der Waals surface area contributed by atoms with Crippen LogP contribution in [-0.4, -0.2) is 11.2 Å². The van der Waals surface area contributed by atoms with E-state index >= 15 is 0 Å². The second-order valence-corrected chi connectivity index (χ2v) is 4.86. The van der Waals surface area contributed by atoms with Crippen molar-refractivity contribution in [3.63, 3.8) is 0 Å². The quantitative estimate of drug-likeness (QED) is 0.801. The van der Waals surface area contributed by atoms with Crippen molar-refractivity contribution < 1.29 is 5.11 Å². The lowest BCUT2D eigenvalue weighted by atomic mass is 10.00. The minimum absolute atomic E-state index is 0.185. The van der Waals surface area contributed by atoms with Gasteiger partial charge in [-0.1, -0.05) is 48.5 Å². The summed E-state index contributed by atoms with van der Waals surface area (Å²) in [4.78, 5) is 0. The summed E-state index contributed by atoms with van der Waals surface area (Å²) in [6.45, 7) is 0. The minimum Gasteiger partial charge on any atom is -0.393 e. The molecule has 2 heteroatoms. The van der Waals surface area contributed by atoms with E-state index in [2.05, 4.69) is 29.6 Å². The summed E-state index contributed by atoms with van der Waals surface area (Å²) in [6.07, 6.45) is 1.19. The van der Waals surface area contributed by atoms with E-state index in [0.29, 0.717) is 0 Å². The van der Waals surface area contributed by atoms with Crippen LogP contribution in [-0.2, 0) is 6.42 Å². The standard InChI is InChI=1S/C16H17NO/c18-14-10-13-8-4-5-9-15(13)17-16(11-14)12-6-2-1-3-7-12/h1-9,14,16-18H,10-11H2/t14-,16+/m1/s1. The normalized spacial score (nSPS) is 22.7. The highest BCUT2D eigenvalue weighted by Crippen LogP contribution is 2.31. The molecule has 0 amide bonds. The average molecular weight is 239 g/mol. The molecule has 0 aliphatic carbocycles. The number of hydrogen-bond donors (Lipinski definition) is 2. The van der Waals surface area contributed by atoms with Crippen LogP contribution in [0.1, 0.15) is 23.6 Å². The number of aliphatic hydroxyl groups excluding tert-OH is 1. The van der Waals surface area contributed by atoms with Crippen LogP contribution in [0.5, 0.6) is 0 Å². The van der Waals surface area contributed by atoms with Gasteiger partial charge < -0.3 is 10.4 Å². The lowest BCUT2D eigenvalue weighted by molar-refractivity contribution is 0.161. The maximum absolute atomic E-state index is 10.1. The SMILES string of the molecule is O[C@@H]1Cc2ccccc2N[C@H](c2ccccc2)C1. The van der Waals surface area contributed by atoms with E-state index in [0.717, 1.165) is 18.5 Å². The molecular weight excluding hydrogens is 222 g/mol. The molecule has 0 aromatic heterocycles. The van der Waals surface area contributed by atoms with E-state index in [1.807, 2.05) is 30.3 Å². The van der Waals surface area contributed by atoms with Crippen molar-refractivity contribution in [2.45, 2.75) is 25.0 Å². The molecule has 0 saturated heterocycles. The Morgan fingerprint density at radius 2 is 1.67 bits per heavy atom. The first kappa shape index (κ1) is 11.3. The van der Waals surface area contributed by atoms with Crippen LogP contribution in [0.15, 0.2) is 54.6 Å². The first-order valence-corrected chi connectivity index (χ1v) is 6.40. The van der Waals surface area contributed by atoms with Crippen LogP contribution in [0, 0.1) is 0 Å². The zero-order chi connectivity index (χ0) is 12.4. The molecule has 0 unspecified atom stereocenters. The second-order valence-electron chi connectivity index (χ2n) is 4.86. The summed E-state index contributed by atoms with van der Waals surface area (Å²) in [5, 5.41) is 13.7. The molecule has 2 aromatic carbocycles. The van der Waals surface area contributed by atoms with Crippen molar-refractivity contribution in [2.75, 3.05) is 5.32 Å². The molecule has 2 aromatic rings. The predicted octanol–water partition coefficient (Wildman–Crippen LogP) is 3.15. The largest absolute Gasteiger partial charge is 0.393 e. The molecule has 0 saturated carbocycles. The van der Waals surface area contributed by atoms with Crippen LogP contribution >= 0.6 is 0 Å². The van der Waals surface area contributed by atoms with Crippen molar-refractivity contribution in [3.05, 3.63) is 65.7 Å². The van der Waals surface area contributed by atoms with Crippen molar-refractivity contribution in [3.8, 4) is 0 Å². The zero-order valence-corrected chi connectivity index (χ0v) is 10.2. The number of rotatable bonds is 1. The van der Waals surface area contributed by atoms with Gasteiger partial charge >= 0.3 is 0 Å². The van der Waals surface area contributed by atoms with E-state index in [4.69, 9.17) is 0 Å². The smallest absolute Gasteiger partial charge is 0.0604 e. The summed E-state index contributed by atoms with van der Waals surface area (Å²) in [5.41, 5.74) is 3.57. The van der Waals surface area contributed by atoms with Crippen LogP contribution in [0.25, 0.3) is 0 Å². The van der Waals surface area contributed by atoms with Crippen molar-refractivity contribution in [1.82, 2.24) is 0 Å². The van der Waals surface area contributed by atoms with Crippen LogP contribution in [0.2, 0.25) is 0 Å². The number of fused-ring (bicyclic) bond motifs is 1. The molecular formula is C16H17NO. The van der Waals surface area contributed by atoms with Gasteiger partial charge in [0.2, 0.25) is 0 Å². The Labute approximate surface area is 107 Å². The van der Waals surface area contributed by atoms with E-state index in [-0.39, 0.29) is 12.1 Å². The molecule has 1 heterocycles. The number of anilines is 1. The molecule has 0 bridgehead atoms. The Balaban J connectivity index is 1.95. The number of para-hydroxylation sites is 1. The minimum atomic E-state index is -0.286. The van der Waals surface area contributed by atoms with Gasteiger partial charge in [-0.15, -0.1) is 0 Å². The third-order valence-electron chi connectivity index (χ3n) is 3.51. The van der Waals surface area contributed by atoms with E-state index < -0.39 is 0 Å². The molecule has 18 heavy (non-hydrogen) atoms. The van der Waals surface area contributed by atoms with E-state index in [1.165, 1.54) is 11.1 Å². The van der Waals surface area contributed by atoms with Gasteiger partial charge in [-0.05, 0) is 23.6 Å². The Hall–Kier alpha value is -1.80. The number of benzene rings is 2. The molecule has 92 valence electrons. The van der Waals surface area contributed by atoms with Gasteiger partial charge in [-0.2, -0.15) is 0 Å². The molecule has 0 spiro atoms. The Bertz CT molecular complexity index is 524. The second kappa shape index (κ2) is 4.83. The molecule has 2 N–H and O–H groups in total. The molecule has 2 atom stereocenters. The Morgan fingerprint density at radius 3 is 2.50 bits per heavy atom. The topological polar surface area (TPSA) is 32.3 Å². The summed E-state index contributed by atoms with van der Waals surface area (Å²) in [6, 6.07) is 18.7. The van der Waals surface area contributed by atoms with Crippen molar-refractivity contribution >= 4 is 5.69 Å². The summed E-state index contributed by atoms with van der Waals surface area (Å²) < 4.78 is 0. The fourth-order valence-electron chi connectivity index (χ4n) is 2.60. The predicted molar refractivity (Wildman–Crippen MR) is 73.6 cm³/mol. The summed E-state index contributed by atoms with van der Waals surface area (Å²) in [5.74, 6) is 0. The van der Waals surface area contributed by atoms with E-state index in [1.54, 1.807) is 0 Å². The van der Waals surface area contributed by atoms with Gasteiger partial charge in [0.15, 0.2) is 0 Å². The third kappa shape index (κ3) is 2.24. The van der Waals surface area contributed by atoms with Crippen LogP contribution in [0.3, 0.4) is 0 Å². The third-order valence-corrected chi connectivity index (χ3v) is 3.51. The fraction of sp³-hybridized carbons (Fsp3) is 0.250. The monoisotopic (exact) mass is 239 g/mol. The van der Waals surface area contributed by atoms with Gasteiger partial charge in [-0.25, -0.2) is 0 Å². The average Bonchev–Trinajstić information content (AvgIpc) is 2.57. The Morgan fingerprint density at radius 1 is 0.944 bits per heavy atom. The van der Waals surface area contributed by atoms with Crippen LogP contribution in [0.4, 0.5) is 5.69 Å². The maximum Gasteiger partial charge on any atom is 0.0604 e. The van der Waals surface area contributed by atoms with E-state index in [9.17, 15) is 5.11 Å². The summed E-state index contributed by atoms with van der Waals surface area (Å²) >= 11 is 0. The van der Waals surface area contributed by atoms with Gasteiger partial charge in [0.05, 0.1) is 12.1 Å². The zero-order valence-electron chi connectivity index (χ0n) is 10.2. The molecule has 3 rings (SSSR count). The van der Waals surface area contributed by atoms with Crippen molar-refractivity contribution in [2.24, 2.45) is 0 Å². The first-order valence-electron chi connectivity index (χ1n) is 6.40. The summed E-state index contributed by atoms with van der Waals surface area (Å²) in [7, 11) is 0. The highest BCUT2D eigenvalue weighted by atomic mass is 16.3. The lowest BCUT2D eigenvalue weighted by Gasteiger charge is -2.19. The number of aliphatic hydroxyl groups is 1. The van der Waals surface area contributed by atoms with Crippen LogP contribution < -0.4 is 5.32 Å². The Kier molecular flexibility index (Phi) is 3.03. The fourth-order valence-corrected chi connectivity index (χ4v) is 2.60. The highest BCUT2D eigenvalue weighted by molar-refractivity contribution is 5.54. The lowest BCUT2D eigenvalue weighted by Crippen LogP contribution is -2.16. The van der Waals surface area contributed by atoms with Gasteiger partial charge in [0, 0.05) is 12.1 Å². The van der Waals surface area contributed by atoms with Gasteiger partial charge in [0.25, 0.3) is 0 Å². The number of hydrogen-bond acceptors (Lipinski definition) is 2. The van der Waals surface area contributed by atoms with Gasteiger partial charge in [0.1, 0.15) is 0 Å². The number of nitrogens with one attached hydrogen (secondary N) is 1. The highest BCUT2D eigenvalue weighted by Gasteiger charge is 2.22. The van der Waals surface area contributed by atoms with Crippen molar-refractivity contribution in [1.29, 1.82) is 0 Å². The molecule has 2 nitrogen and oxygen atoms in total. The van der Waals surface area contributed by atoms with Gasteiger partial charge in [-0.3, -0.25) is 0 Å². The molecule has 0 fully saturated rings. The molecule has 0 radical (unpaired) electrons. The molecule has 1 aliphatic rings. The maximum atomic E-state index is 10.1.